The van der Waals surface area contributed by atoms with Crippen LogP contribution in [-0.2, 0) is 6.42 Å². The van der Waals surface area contributed by atoms with Crippen molar-refractivity contribution in [2.45, 2.75) is 64.8 Å². The van der Waals surface area contributed by atoms with Gasteiger partial charge in [-0.1, -0.05) is 48.4 Å². The van der Waals surface area contributed by atoms with Gasteiger partial charge in [0.2, 0.25) is 0 Å². The molecule has 2 rings (SSSR count). The highest BCUT2D eigenvalue weighted by Crippen LogP contribution is 2.22. The normalized spacial score (nSPS) is 16.8. The van der Waals surface area contributed by atoms with E-state index in [1.165, 1.54) is 49.7 Å². The maximum Gasteiger partial charge on any atom is 0.0145 e. The molecule has 0 bridgehead atoms. The quantitative estimate of drug-likeness (QED) is 0.703. The van der Waals surface area contributed by atoms with Gasteiger partial charge in [-0.3, -0.25) is 0 Å². The predicted molar refractivity (Wildman–Crippen MR) is 88.1 cm³/mol. The molecule has 0 aliphatic heterocycles. The van der Waals surface area contributed by atoms with E-state index in [4.69, 9.17) is 0 Å². The first-order valence-corrected chi connectivity index (χ1v) is 8.24. The molecule has 1 heteroatoms. The summed E-state index contributed by atoms with van der Waals surface area (Å²) in [6.45, 7) is 5.53. The molecule has 0 saturated carbocycles. The second-order valence-electron chi connectivity index (χ2n) is 6.15. The Hall–Kier alpha value is -1.08. The highest BCUT2D eigenvalue weighted by atomic mass is 14.9. The Kier molecular flexibility index (Phi) is 6.32. The van der Waals surface area contributed by atoms with Crippen LogP contribution in [0.1, 0.15) is 56.6 Å². The van der Waals surface area contributed by atoms with E-state index >= 15 is 0 Å². The fourth-order valence-corrected chi connectivity index (χ4v) is 2.98. The van der Waals surface area contributed by atoms with Crippen LogP contribution in [0.25, 0.3) is 0 Å². The lowest BCUT2D eigenvalue weighted by molar-refractivity contribution is 0.490. The molecule has 1 aromatic carbocycles. The van der Waals surface area contributed by atoms with E-state index < -0.39 is 0 Å². The summed E-state index contributed by atoms with van der Waals surface area (Å²) in [7, 11) is 0. The molecule has 0 saturated heterocycles. The second kappa shape index (κ2) is 8.26. The summed E-state index contributed by atoms with van der Waals surface area (Å²) in [4.78, 5) is 0. The third-order valence-corrected chi connectivity index (χ3v) is 4.18. The molecule has 0 aromatic heterocycles. The van der Waals surface area contributed by atoms with Crippen molar-refractivity contribution in [2.75, 3.05) is 6.54 Å². The van der Waals surface area contributed by atoms with E-state index in [2.05, 4.69) is 49.5 Å². The number of hydrogen-bond acceptors (Lipinski definition) is 1. The van der Waals surface area contributed by atoms with Gasteiger partial charge in [0, 0.05) is 6.04 Å². The monoisotopic (exact) mass is 271 g/mol. The van der Waals surface area contributed by atoms with Gasteiger partial charge in [-0.05, 0) is 64.0 Å². The first kappa shape index (κ1) is 15.3. The maximum absolute atomic E-state index is 3.74. The minimum atomic E-state index is 0.599. The van der Waals surface area contributed by atoms with Gasteiger partial charge < -0.3 is 5.32 Å². The van der Waals surface area contributed by atoms with Gasteiger partial charge in [0.25, 0.3) is 0 Å². The van der Waals surface area contributed by atoms with Gasteiger partial charge in [0.1, 0.15) is 0 Å². The van der Waals surface area contributed by atoms with E-state index in [9.17, 15) is 0 Å². The van der Waals surface area contributed by atoms with Crippen molar-refractivity contribution in [2.24, 2.45) is 0 Å². The molecule has 1 aromatic rings. The van der Waals surface area contributed by atoms with Crippen LogP contribution in [0, 0.1) is 6.92 Å². The Bertz CT molecular complexity index is 416. The summed E-state index contributed by atoms with van der Waals surface area (Å²) >= 11 is 0. The van der Waals surface area contributed by atoms with Crippen LogP contribution in [0.15, 0.2) is 35.9 Å². The number of nitrogens with one attached hydrogen (secondary N) is 1. The number of hydrogen-bond donors (Lipinski definition) is 1. The zero-order valence-electron chi connectivity index (χ0n) is 13.1. The molecule has 0 amide bonds. The SMILES string of the molecule is CCCNC(CC1=CCCCC1)Cc1ccc(C)cc1. The minimum Gasteiger partial charge on any atom is -0.313 e. The molecular weight excluding hydrogens is 242 g/mol. The summed E-state index contributed by atoms with van der Waals surface area (Å²) < 4.78 is 0. The Morgan fingerprint density at radius 3 is 2.55 bits per heavy atom. The van der Waals surface area contributed by atoms with Crippen molar-refractivity contribution < 1.29 is 0 Å². The standard InChI is InChI=1S/C19H29N/c1-3-13-20-19(14-17-7-5-4-6-8-17)15-18-11-9-16(2)10-12-18/h7,9-12,19-20H,3-6,8,13-15H2,1-2H3. The molecule has 20 heavy (non-hydrogen) atoms. The molecule has 1 N–H and O–H groups in total. The summed E-state index contributed by atoms with van der Waals surface area (Å²) in [5.41, 5.74) is 4.49. The minimum absolute atomic E-state index is 0.599. The number of rotatable bonds is 7. The van der Waals surface area contributed by atoms with Crippen LogP contribution in [0.4, 0.5) is 0 Å². The third kappa shape index (κ3) is 5.13. The summed E-state index contributed by atoms with van der Waals surface area (Å²) in [6, 6.07) is 9.62. The van der Waals surface area contributed by atoms with Gasteiger partial charge >= 0.3 is 0 Å². The average Bonchev–Trinajstić information content (AvgIpc) is 2.48. The van der Waals surface area contributed by atoms with Crippen molar-refractivity contribution in [1.82, 2.24) is 5.32 Å². The van der Waals surface area contributed by atoms with Gasteiger partial charge in [-0.2, -0.15) is 0 Å². The Balaban J connectivity index is 1.95. The van der Waals surface area contributed by atoms with Crippen LogP contribution in [0.3, 0.4) is 0 Å². The topological polar surface area (TPSA) is 12.0 Å². The van der Waals surface area contributed by atoms with Gasteiger partial charge in [-0.25, -0.2) is 0 Å². The molecule has 1 aliphatic carbocycles. The second-order valence-corrected chi connectivity index (χ2v) is 6.15. The maximum atomic E-state index is 3.74. The van der Waals surface area contributed by atoms with Gasteiger partial charge in [0.15, 0.2) is 0 Å². The first-order valence-electron chi connectivity index (χ1n) is 8.24. The largest absolute Gasteiger partial charge is 0.313 e. The molecule has 1 unspecified atom stereocenters. The molecule has 0 radical (unpaired) electrons. The van der Waals surface area contributed by atoms with Crippen LogP contribution < -0.4 is 5.32 Å². The fourth-order valence-electron chi connectivity index (χ4n) is 2.98. The zero-order chi connectivity index (χ0) is 14.2. The number of allylic oxidation sites excluding steroid dienone is 1. The van der Waals surface area contributed by atoms with Crippen molar-refractivity contribution in [1.29, 1.82) is 0 Å². The zero-order valence-corrected chi connectivity index (χ0v) is 13.1. The van der Waals surface area contributed by atoms with Crippen LogP contribution in [0.2, 0.25) is 0 Å². The molecule has 1 atom stereocenters. The molecule has 1 aliphatic rings. The Labute approximate surface area is 124 Å². The molecule has 110 valence electrons. The summed E-state index contributed by atoms with van der Waals surface area (Å²) in [5, 5.41) is 3.74. The average molecular weight is 271 g/mol. The molecule has 0 heterocycles. The van der Waals surface area contributed by atoms with Crippen molar-refractivity contribution in [3.8, 4) is 0 Å². The molecule has 0 fully saturated rings. The van der Waals surface area contributed by atoms with Gasteiger partial charge in [0.05, 0.1) is 0 Å². The van der Waals surface area contributed by atoms with E-state index in [1.54, 1.807) is 5.57 Å². The Morgan fingerprint density at radius 2 is 1.90 bits per heavy atom. The molecule has 0 spiro atoms. The molecule has 1 nitrogen and oxygen atoms in total. The summed E-state index contributed by atoms with van der Waals surface area (Å²) in [6.07, 6.45) is 11.5. The van der Waals surface area contributed by atoms with E-state index in [0.29, 0.717) is 6.04 Å². The highest BCUT2D eigenvalue weighted by molar-refractivity contribution is 5.22. The lowest BCUT2D eigenvalue weighted by atomic mass is 9.91. The van der Waals surface area contributed by atoms with Gasteiger partial charge in [-0.15, -0.1) is 0 Å². The smallest absolute Gasteiger partial charge is 0.0145 e. The van der Waals surface area contributed by atoms with E-state index in [1.807, 2.05) is 0 Å². The van der Waals surface area contributed by atoms with Crippen molar-refractivity contribution in [3.63, 3.8) is 0 Å². The van der Waals surface area contributed by atoms with E-state index in [0.717, 1.165) is 13.0 Å². The lowest BCUT2D eigenvalue weighted by Crippen LogP contribution is -2.32. The van der Waals surface area contributed by atoms with Crippen molar-refractivity contribution in [3.05, 3.63) is 47.0 Å². The molecular formula is C19H29N. The third-order valence-electron chi connectivity index (χ3n) is 4.18. The lowest BCUT2D eigenvalue weighted by Gasteiger charge is -2.22. The van der Waals surface area contributed by atoms with Crippen LogP contribution in [0.5, 0.6) is 0 Å². The van der Waals surface area contributed by atoms with Crippen LogP contribution in [-0.4, -0.2) is 12.6 Å². The number of aryl methyl sites for hydroxylation is 1. The fraction of sp³-hybridized carbons (Fsp3) is 0.579. The summed E-state index contributed by atoms with van der Waals surface area (Å²) in [5.74, 6) is 0. The first-order chi connectivity index (χ1) is 9.78. The highest BCUT2D eigenvalue weighted by Gasteiger charge is 2.13. The predicted octanol–water partition coefficient (Wildman–Crippen LogP) is 4.80. The van der Waals surface area contributed by atoms with Crippen molar-refractivity contribution >= 4 is 0 Å². The van der Waals surface area contributed by atoms with Crippen LogP contribution >= 0.6 is 0 Å². The Morgan fingerprint density at radius 1 is 1.10 bits per heavy atom. The van der Waals surface area contributed by atoms with E-state index in [-0.39, 0.29) is 0 Å². The number of benzene rings is 1.